The monoisotopic (exact) mass is 442 g/mol. The molecule has 2 aliphatic rings. The smallest absolute Gasteiger partial charge is 0.229 e. The van der Waals surface area contributed by atoms with E-state index in [9.17, 15) is 0 Å². The molecule has 2 fully saturated rings. The quantitative estimate of drug-likeness (QED) is 0.353. The lowest BCUT2D eigenvalue weighted by Crippen LogP contribution is -2.39. The number of fused-ring (bicyclic) bond motifs is 2. The molecule has 33 heavy (non-hydrogen) atoms. The number of nitrogens with zero attached hydrogens (tertiary/aromatic N) is 4. The van der Waals surface area contributed by atoms with Gasteiger partial charge in [-0.05, 0) is 75.6 Å². The summed E-state index contributed by atoms with van der Waals surface area (Å²) < 4.78 is 10.4. The molecule has 2 aliphatic carbocycles. The molecule has 4 aromatic rings. The summed E-state index contributed by atoms with van der Waals surface area (Å²) in [6.45, 7) is 0. The van der Waals surface area contributed by atoms with Crippen LogP contribution in [0.15, 0.2) is 48.5 Å². The number of aromatic nitrogens is 4. The molecule has 2 aromatic carbocycles. The number of para-hydroxylation sites is 4. The Balaban J connectivity index is 1.54. The lowest BCUT2D eigenvalue weighted by molar-refractivity contribution is -0.667. The summed E-state index contributed by atoms with van der Waals surface area (Å²) >= 11 is 0. The maximum absolute atomic E-state index is 2.72. The minimum atomic E-state index is 0.623. The Morgan fingerprint density at radius 2 is 1.00 bits per heavy atom. The van der Waals surface area contributed by atoms with E-state index >= 15 is 0 Å². The fraction of sp³-hybridized carbons (Fsp3) is 0.517. The second-order valence-electron chi connectivity index (χ2n) is 10.4. The largest absolute Gasteiger partial charge is 0.269 e. The Bertz CT molecular complexity index is 1180. The lowest BCUT2D eigenvalue weighted by atomic mass is 9.94. The van der Waals surface area contributed by atoms with E-state index in [0.717, 1.165) is 6.42 Å². The topological polar surface area (TPSA) is 17.6 Å². The van der Waals surface area contributed by atoms with Gasteiger partial charge in [0.1, 0.15) is 12.1 Å². The van der Waals surface area contributed by atoms with Crippen LogP contribution in [-0.2, 0) is 20.5 Å². The summed E-state index contributed by atoms with van der Waals surface area (Å²) in [5, 5.41) is 0. The average Bonchev–Trinajstić information content (AvgIpc) is 3.32. The summed E-state index contributed by atoms with van der Waals surface area (Å²) in [4.78, 5) is 0. The molecule has 4 heteroatoms. The van der Waals surface area contributed by atoms with Gasteiger partial charge in [0.15, 0.2) is 28.5 Å². The van der Waals surface area contributed by atoms with Crippen molar-refractivity contribution >= 4 is 22.1 Å². The molecular formula is C29H38N4+2. The van der Waals surface area contributed by atoms with Gasteiger partial charge in [-0.1, -0.05) is 37.1 Å². The third kappa shape index (κ3) is 3.50. The van der Waals surface area contributed by atoms with Gasteiger partial charge in [-0.25, -0.2) is 18.3 Å². The van der Waals surface area contributed by atoms with Crippen LogP contribution in [0.25, 0.3) is 22.1 Å². The first-order chi connectivity index (χ1) is 16.2. The van der Waals surface area contributed by atoms with Crippen molar-refractivity contribution in [3.63, 3.8) is 0 Å². The standard InChI is InChI=1S/C29H38N4/c1-30-24-17-9-11-19-26(24)32(22-13-5-3-6-14-22)28(30)21-29-31(2)25-18-10-12-20-27(25)33(29)23-15-7-4-8-16-23/h9-12,17-20,22-23H,3-8,13-16,21H2,1-2H3/q+2. The molecule has 0 radical (unpaired) electrons. The number of hydrogen-bond acceptors (Lipinski definition) is 0. The Labute approximate surface area is 197 Å². The molecule has 2 aromatic heterocycles. The molecule has 0 amide bonds. The number of hydrogen-bond donors (Lipinski definition) is 0. The first kappa shape index (κ1) is 20.9. The van der Waals surface area contributed by atoms with Crippen LogP contribution in [0.1, 0.15) is 87.9 Å². The van der Waals surface area contributed by atoms with Crippen molar-refractivity contribution in [3.8, 4) is 0 Å². The zero-order valence-corrected chi connectivity index (χ0v) is 20.3. The molecule has 0 N–H and O–H groups in total. The maximum Gasteiger partial charge on any atom is 0.269 e. The molecule has 172 valence electrons. The Hall–Kier alpha value is -2.62. The van der Waals surface area contributed by atoms with Gasteiger partial charge in [0.05, 0.1) is 14.1 Å². The van der Waals surface area contributed by atoms with E-state index in [1.54, 1.807) is 0 Å². The summed E-state index contributed by atoms with van der Waals surface area (Å²) in [6.07, 6.45) is 14.4. The van der Waals surface area contributed by atoms with Crippen molar-refractivity contribution in [2.24, 2.45) is 14.1 Å². The minimum Gasteiger partial charge on any atom is -0.229 e. The molecule has 0 atom stereocenters. The van der Waals surface area contributed by atoms with E-state index in [0.29, 0.717) is 12.1 Å². The van der Waals surface area contributed by atoms with E-state index in [1.807, 2.05) is 0 Å². The zero-order chi connectivity index (χ0) is 22.4. The average molecular weight is 443 g/mol. The van der Waals surface area contributed by atoms with Crippen LogP contribution in [0.3, 0.4) is 0 Å². The van der Waals surface area contributed by atoms with Gasteiger partial charge < -0.3 is 0 Å². The third-order valence-corrected chi connectivity index (χ3v) is 8.53. The van der Waals surface area contributed by atoms with Crippen LogP contribution in [0.4, 0.5) is 0 Å². The Morgan fingerprint density at radius 3 is 1.42 bits per heavy atom. The predicted octanol–water partition coefficient (Wildman–Crippen LogP) is 5.85. The normalized spacial score (nSPS) is 18.5. The number of aryl methyl sites for hydroxylation is 2. The van der Waals surface area contributed by atoms with Crippen molar-refractivity contribution in [3.05, 3.63) is 60.2 Å². The van der Waals surface area contributed by atoms with Crippen LogP contribution >= 0.6 is 0 Å². The van der Waals surface area contributed by atoms with Crippen LogP contribution in [0, 0.1) is 0 Å². The van der Waals surface area contributed by atoms with Crippen molar-refractivity contribution in [1.29, 1.82) is 0 Å². The Kier molecular flexibility index (Phi) is 5.48. The van der Waals surface area contributed by atoms with Gasteiger partial charge in [0.25, 0.3) is 11.6 Å². The van der Waals surface area contributed by atoms with E-state index in [2.05, 4.69) is 80.9 Å². The third-order valence-electron chi connectivity index (χ3n) is 8.53. The van der Waals surface area contributed by atoms with Crippen molar-refractivity contribution in [2.75, 3.05) is 0 Å². The molecule has 0 aliphatic heterocycles. The van der Waals surface area contributed by atoms with Crippen molar-refractivity contribution < 1.29 is 9.13 Å². The van der Waals surface area contributed by atoms with E-state index in [4.69, 9.17) is 0 Å². The van der Waals surface area contributed by atoms with Gasteiger partial charge in [0.2, 0.25) is 0 Å². The van der Waals surface area contributed by atoms with Gasteiger partial charge in [-0.15, -0.1) is 0 Å². The highest BCUT2D eigenvalue weighted by Crippen LogP contribution is 2.35. The highest BCUT2D eigenvalue weighted by molar-refractivity contribution is 5.73. The molecule has 4 nitrogen and oxygen atoms in total. The maximum atomic E-state index is 2.72. The molecule has 0 unspecified atom stereocenters. The molecular weight excluding hydrogens is 404 g/mol. The van der Waals surface area contributed by atoms with Gasteiger partial charge in [-0.3, -0.25) is 0 Å². The molecule has 2 heterocycles. The van der Waals surface area contributed by atoms with Crippen LogP contribution in [-0.4, -0.2) is 9.13 Å². The molecule has 2 saturated carbocycles. The number of rotatable bonds is 4. The van der Waals surface area contributed by atoms with Gasteiger partial charge in [-0.2, -0.15) is 0 Å². The number of imidazole rings is 2. The SMILES string of the molecule is C[n+]1c(Cc2n(C3CCCCC3)c3ccccc3[n+]2C)n(C2CCCCC2)c2ccccc21. The van der Waals surface area contributed by atoms with E-state index in [-0.39, 0.29) is 0 Å². The fourth-order valence-corrected chi connectivity index (χ4v) is 6.82. The highest BCUT2D eigenvalue weighted by atomic mass is 15.2. The van der Waals surface area contributed by atoms with Crippen LogP contribution < -0.4 is 9.13 Å². The number of benzene rings is 2. The van der Waals surface area contributed by atoms with E-state index in [1.165, 1.54) is 97.9 Å². The molecule has 0 spiro atoms. The summed E-state index contributed by atoms with van der Waals surface area (Å²) in [6, 6.07) is 19.3. The van der Waals surface area contributed by atoms with Crippen molar-refractivity contribution in [2.45, 2.75) is 82.7 Å². The van der Waals surface area contributed by atoms with Crippen LogP contribution in [0.5, 0.6) is 0 Å². The first-order valence-electron chi connectivity index (χ1n) is 13.2. The van der Waals surface area contributed by atoms with Gasteiger partial charge >= 0.3 is 0 Å². The Morgan fingerprint density at radius 1 is 0.606 bits per heavy atom. The van der Waals surface area contributed by atoms with E-state index < -0.39 is 0 Å². The minimum absolute atomic E-state index is 0.623. The first-order valence-corrected chi connectivity index (χ1v) is 13.2. The summed E-state index contributed by atoms with van der Waals surface area (Å²) in [5.74, 6) is 2.91. The molecule has 6 rings (SSSR count). The predicted molar refractivity (Wildman–Crippen MR) is 133 cm³/mol. The molecule has 0 bridgehead atoms. The molecule has 0 saturated heterocycles. The summed E-state index contributed by atoms with van der Waals surface area (Å²) in [5.41, 5.74) is 5.54. The lowest BCUT2D eigenvalue weighted by Gasteiger charge is -2.22. The second-order valence-corrected chi connectivity index (χ2v) is 10.4. The zero-order valence-electron chi connectivity index (χ0n) is 20.3. The van der Waals surface area contributed by atoms with Crippen LogP contribution in [0.2, 0.25) is 0 Å². The van der Waals surface area contributed by atoms with Crippen molar-refractivity contribution in [1.82, 2.24) is 9.13 Å². The fourth-order valence-electron chi connectivity index (χ4n) is 6.82. The summed E-state index contributed by atoms with van der Waals surface area (Å²) in [7, 11) is 4.56. The van der Waals surface area contributed by atoms with Gasteiger partial charge in [0, 0.05) is 0 Å². The second kappa shape index (κ2) is 8.62. The highest BCUT2D eigenvalue weighted by Gasteiger charge is 2.36.